The number of halogens is 1. The molecule has 3 rings (SSSR count). The molecule has 3 aromatic rings. The van der Waals surface area contributed by atoms with Crippen molar-refractivity contribution in [1.29, 1.82) is 0 Å². The van der Waals surface area contributed by atoms with E-state index in [-0.39, 0.29) is 36.8 Å². The summed E-state index contributed by atoms with van der Waals surface area (Å²) in [7, 11) is 3.66. The van der Waals surface area contributed by atoms with Crippen LogP contribution < -0.4 is 10.6 Å². The smallest absolute Gasteiger partial charge is 0.238 e. The Kier molecular flexibility index (Phi) is 8.34. The maximum absolute atomic E-state index is 13.0. The van der Waals surface area contributed by atoms with Crippen molar-refractivity contribution in [2.45, 2.75) is 40.7 Å². The van der Waals surface area contributed by atoms with Gasteiger partial charge in [0.1, 0.15) is 0 Å². The van der Waals surface area contributed by atoms with Crippen LogP contribution in [-0.4, -0.2) is 71.6 Å². The maximum atomic E-state index is 13.0. The number of hydrogen-bond acceptors (Lipinski definition) is 6. The van der Waals surface area contributed by atoms with Crippen LogP contribution in [0.3, 0.4) is 0 Å². The van der Waals surface area contributed by atoms with E-state index in [4.69, 9.17) is 11.6 Å². The van der Waals surface area contributed by atoms with Crippen LogP contribution in [-0.2, 0) is 23.7 Å². The fourth-order valence-corrected chi connectivity index (χ4v) is 4.23. The molecule has 11 nitrogen and oxygen atoms in total. The topological polar surface area (TPSA) is 115 Å². The molecule has 12 heteroatoms. The summed E-state index contributed by atoms with van der Waals surface area (Å²) in [6.07, 6.45) is 3.65. The second-order valence-electron chi connectivity index (χ2n) is 8.91. The van der Waals surface area contributed by atoms with Gasteiger partial charge in [0.2, 0.25) is 11.8 Å². The molecular weight excluding hydrogens is 470 g/mol. The SMILES string of the molecule is Cc1cnn(C(CCl)CN(CC(=O)Nc2c(C)nn(C)c2C)CC(=O)Nc2c(C)nn(C)c2C)c1. The van der Waals surface area contributed by atoms with Gasteiger partial charge in [-0.2, -0.15) is 15.3 Å². The Bertz CT molecular complexity index is 1140. The molecule has 0 aromatic carbocycles. The van der Waals surface area contributed by atoms with Crippen LogP contribution >= 0.6 is 11.6 Å². The Balaban J connectivity index is 1.77. The summed E-state index contributed by atoms with van der Waals surface area (Å²) in [5.41, 5.74) is 5.54. The first-order valence-corrected chi connectivity index (χ1v) is 11.9. The number of rotatable bonds is 10. The van der Waals surface area contributed by atoms with Crippen molar-refractivity contribution < 1.29 is 9.59 Å². The minimum absolute atomic E-state index is 0.000161. The summed E-state index contributed by atoms with van der Waals surface area (Å²) in [5.74, 6) is -0.200. The summed E-state index contributed by atoms with van der Waals surface area (Å²) in [4.78, 5) is 27.8. The molecule has 35 heavy (non-hydrogen) atoms. The molecule has 0 fully saturated rings. The highest BCUT2D eigenvalue weighted by Gasteiger charge is 2.23. The normalized spacial score (nSPS) is 12.3. The van der Waals surface area contributed by atoms with Crippen molar-refractivity contribution in [3.63, 3.8) is 0 Å². The summed E-state index contributed by atoms with van der Waals surface area (Å²) >= 11 is 6.27. The number of nitrogens with one attached hydrogen (secondary N) is 2. The largest absolute Gasteiger partial charge is 0.322 e. The molecule has 0 aliphatic carbocycles. The third-order valence-corrected chi connectivity index (χ3v) is 6.39. The van der Waals surface area contributed by atoms with E-state index in [1.54, 1.807) is 25.1 Å². The number of hydrogen-bond donors (Lipinski definition) is 2. The summed E-state index contributed by atoms with van der Waals surface area (Å²) in [6.45, 7) is 9.78. The minimum Gasteiger partial charge on any atom is -0.322 e. The van der Waals surface area contributed by atoms with Gasteiger partial charge in [-0.25, -0.2) is 0 Å². The third kappa shape index (κ3) is 6.29. The van der Waals surface area contributed by atoms with Gasteiger partial charge < -0.3 is 10.6 Å². The Hall–Kier alpha value is -3.18. The molecule has 3 heterocycles. The van der Waals surface area contributed by atoms with Gasteiger partial charge in [0.25, 0.3) is 0 Å². The van der Waals surface area contributed by atoms with Gasteiger partial charge in [-0.3, -0.25) is 28.5 Å². The van der Waals surface area contributed by atoms with E-state index < -0.39 is 0 Å². The minimum atomic E-state index is -0.240. The Morgan fingerprint density at radius 3 is 1.77 bits per heavy atom. The zero-order valence-electron chi connectivity index (χ0n) is 21.4. The van der Waals surface area contributed by atoms with Gasteiger partial charge in [-0.15, -0.1) is 11.6 Å². The Morgan fingerprint density at radius 2 is 1.43 bits per heavy atom. The number of carbonyl (C=O) groups excluding carboxylic acids is 2. The molecule has 1 atom stereocenters. The lowest BCUT2D eigenvalue weighted by Gasteiger charge is -2.26. The molecule has 0 spiro atoms. The Labute approximate surface area is 210 Å². The molecule has 0 saturated heterocycles. The lowest BCUT2D eigenvalue weighted by Crippen LogP contribution is -2.42. The van der Waals surface area contributed by atoms with E-state index in [2.05, 4.69) is 25.9 Å². The fourth-order valence-electron chi connectivity index (χ4n) is 3.99. The van der Waals surface area contributed by atoms with Crippen LogP contribution in [0.15, 0.2) is 12.4 Å². The predicted octanol–water partition coefficient (Wildman–Crippen LogP) is 2.25. The standard InChI is InChI=1S/C23H34ClN9O2/c1-14-9-25-33(10-14)19(8-24)11-32(12-20(34)26-22-15(2)28-30(6)17(22)4)13-21(35)27-23-16(3)29-31(7)18(23)5/h9-10,19H,8,11-13H2,1-7H3,(H,26,34)(H,27,35). The van der Waals surface area contributed by atoms with Gasteiger partial charge in [0.05, 0.1) is 59.5 Å². The molecule has 1 unspecified atom stereocenters. The predicted molar refractivity (Wildman–Crippen MR) is 136 cm³/mol. The zero-order valence-corrected chi connectivity index (χ0v) is 22.1. The van der Waals surface area contributed by atoms with Gasteiger partial charge in [0, 0.05) is 32.7 Å². The maximum Gasteiger partial charge on any atom is 0.238 e. The van der Waals surface area contributed by atoms with Gasteiger partial charge in [0.15, 0.2) is 0 Å². The number of anilines is 2. The van der Waals surface area contributed by atoms with Crippen molar-refractivity contribution in [2.24, 2.45) is 14.1 Å². The lowest BCUT2D eigenvalue weighted by molar-refractivity contribution is -0.120. The second-order valence-corrected chi connectivity index (χ2v) is 9.22. The number of aromatic nitrogens is 6. The molecule has 3 aromatic heterocycles. The molecule has 190 valence electrons. The van der Waals surface area contributed by atoms with Crippen molar-refractivity contribution in [3.8, 4) is 0 Å². The zero-order chi connectivity index (χ0) is 25.9. The number of carbonyl (C=O) groups is 2. The highest BCUT2D eigenvalue weighted by atomic mass is 35.5. The summed E-state index contributed by atoms with van der Waals surface area (Å²) in [5, 5.41) is 19.0. The second kappa shape index (κ2) is 11.0. The van der Waals surface area contributed by atoms with Gasteiger partial charge >= 0.3 is 0 Å². The van der Waals surface area contributed by atoms with Gasteiger partial charge in [-0.05, 0) is 40.2 Å². The quantitative estimate of drug-likeness (QED) is 0.410. The molecule has 0 aliphatic rings. The lowest BCUT2D eigenvalue weighted by atomic mass is 10.2. The highest BCUT2D eigenvalue weighted by molar-refractivity contribution is 6.18. The number of amides is 2. The molecule has 0 radical (unpaired) electrons. The van der Waals surface area contributed by atoms with Crippen molar-refractivity contribution in [1.82, 2.24) is 34.2 Å². The summed E-state index contributed by atoms with van der Waals surface area (Å²) in [6, 6.07) is -0.213. The number of aryl methyl sites for hydroxylation is 5. The third-order valence-electron chi connectivity index (χ3n) is 6.03. The average molecular weight is 504 g/mol. The van der Waals surface area contributed by atoms with Crippen molar-refractivity contribution in [2.75, 3.05) is 36.1 Å². The first kappa shape index (κ1) is 26.4. The van der Waals surface area contributed by atoms with Crippen LogP contribution in [0.4, 0.5) is 11.4 Å². The molecule has 0 aliphatic heterocycles. The molecule has 2 amide bonds. The molecule has 2 N–H and O–H groups in total. The van der Waals surface area contributed by atoms with Gasteiger partial charge in [-0.1, -0.05) is 0 Å². The monoisotopic (exact) mass is 503 g/mol. The van der Waals surface area contributed by atoms with Crippen LogP contribution in [0.1, 0.15) is 34.4 Å². The number of alkyl halides is 1. The van der Waals surface area contributed by atoms with Crippen LogP contribution in [0, 0.1) is 34.6 Å². The van der Waals surface area contributed by atoms with E-state index in [9.17, 15) is 9.59 Å². The van der Waals surface area contributed by atoms with E-state index >= 15 is 0 Å². The highest BCUT2D eigenvalue weighted by Crippen LogP contribution is 2.20. The first-order valence-electron chi connectivity index (χ1n) is 11.4. The average Bonchev–Trinajstić information content (AvgIpc) is 3.39. The van der Waals surface area contributed by atoms with Crippen molar-refractivity contribution >= 4 is 34.8 Å². The number of nitrogens with zero attached hydrogens (tertiary/aromatic N) is 7. The summed E-state index contributed by atoms with van der Waals surface area (Å²) < 4.78 is 5.21. The molecular formula is C23H34ClN9O2. The van der Waals surface area contributed by atoms with E-state index in [1.807, 2.05) is 54.9 Å². The fraction of sp³-hybridized carbons (Fsp3) is 0.522. The van der Waals surface area contributed by atoms with E-state index in [0.29, 0.717) is 17.9 Å². The van der Waals surface area contributed by atoms with Crippen molar-refractivity contribution in [3.05, 3.63) is 40.7 Å². The molecule has 0 bridgehead atoms. The first-order chi connectivity index (χ1) is 16.5. The van der Waals surface area contributed by atoms with E-state index in [0.717, 1.165) is 28.3 Å². The van der Waals surface area contributed by atoms with Crippen LogP contribution in [0.5, 0.6) is 0 Å². The van der Waals surface area contributed by atoms with Crippen LogP contribution in [0.25, 0.3) is 0 Å². The Morgan fingerprint density at radius 1 is 0.943 bits per heavy atom. The van der Waals surface area contributed by atoms with Crippen LogP contribution in [0.2, 0.25) is 0 Å². The van der Waals surface area contributed by atoms with E-state index in [1.165, 1.54) is 0 Å². The molecule has 0 saturated carbocycles.